The number of hydrogen-bond donors (Lipinski definition) is 0. The van der Waals surface area contributed by atoms with Crippen molar-refractivity contribution in [2.24, 2.45) is 11.3 Å². The van der Waals surface area contributed by atoms with Crippen LogP contribution in [0.3, 0.4) is 0 Å². The molecule has 0 spiro atoms. The minimum absolute atomic E-state index is 0.140. The largest absolute Gasteiger partial charge is 0.379 e. The second-order valence-corrected chi connectivity index (χ2v) is 6.44. The van der Waals surface area contributed by atoms with E-state index >= 15 is 0 Å². The Labute approximate surface area is 122 Å². The summed E-state index contributed by atoms with van der Waals surface area (Å²) < 4.78 is 31.5. The highest BCUT2D eigenvalue weighted by Gasteiger charge is 2.44. The predicted octanol–water partition coefficient (Wildman–Crippen LogP) is 2.39. The summed E-state index contributed by atoms with van der Waals surface area (Å²) in [4.78, 5) is 14.2. The van der Waals surface area contributed by atoms with Crippen molar-refractivity contribution in [3.05, 3.63) is 35.4 Å². The van der Waals surface area contributed by atoms with E-state index in [4.69, 9.17) is 4.74 Å². The Hall–Kier alpha value is -1.49. The second-order valence-electron chi connectivity index (χ2n) is 6.44. The van der Waals surface area contributed by atoms with Crippen molar-refractivity contribution in [1.29, 1.82) is 0 Å². The van der Waals surface area contributed by atoms with Crippen LogP contribution in [0, 0.1) is 23.0 Å². The quantitative estimate of drug-likeness (QED) is 0.857. The lowest BCUT2D eigenvalue weighted by Gasteiger charge is -2.39. The number of amides is 1. The molecule has 0 aromatic heterocycles. The Kier molecular flexibility index (Phi) is 3.69. The zero-order chi connectivity index (χ0) is 15.0. The molecular formula is C16H19F2NO2. The molecular weight excluding hydrogens is 276 g/mol. The van der Waals surface area contributed by atoms with Gasteiger partial charge >= 0.3 is 0 Å². The van der Waals surface area contributed by atoms with Crippen LogP contribution in [0.15, 0.2) is 18.2 Å². The van der Waals surface area contributed by atoms with E-state index in [9.17, 15) is 13.6 Å². The van der Waals surface area contributed by atoms with E-state index in [0.717, 1.165) is 19.0 Å². The van der Waals surface area contributed by atoms with Gasteiger partial charge in [-0.1, -0.05) is 0 Å². The van der Waals surface area contributed by atoms with Crippen molar-refractivity contribution < 1.29 is 18.3 Å². The number of halogens is 2. The average Bonchev–Trinajstić information content (AvgIpc) is 2.82. The normalized spacial score (nSPS) is 24.0. The molecule has 2 heterocycles. The van der Waals surface area contributed by atoms with Crippen molar-refractivity contribution >= 4 is 5.91 Å². The number of nitrogens with zero attached hydrogens (tertiary/aromatic N) is 1. The molecule has 0 aliphatic carbocycles. The molecule has 1 atom stereocenters. The molecule has 3 rings (SSSR count). The van der Waals surface area contributed by atoms with E-state index in [2.05, 4.69) is 0 Å². The lowest BCUT2D eigenvalue weighted by molar-refractivity contribution is -0.167. The van der Waals surface area contributed by atoms with Gasteiger partial charge in [0.15, 0.2) is 0 Å². The number of benzene rings is 1. The summed E-state index contributed by atoms with van der Waals surface area (Å²) in [5.41, 5.74) is 0.282. The van der Waals surface area contributed by atoms with Crippen LogP contribution in [0.1, 0.15) is 18.9 Å². The van der Waals surface area contributed by atoms with Crippen LogP contribution in [0.25, 0.3) is 0 Å². The van der Waals surface area contributed by atoms with Crippen LogP contribution in [-0.2, 0) is 16.0 Å². The number of likely N-dealkylation sites (tertiary alicyclic amines) is 1. The molecule has 1 aromatic carbocycles. The molecule has 0 saturated carbocycles. The first-order valence-electron chi connectivity index (χ1n) is 7.28. The van der Waals surface area contributed by atoms with Gasteiger partial charge in [-0.05, 0) is 43.4 Å². The lowest BCUT2D eigenvalue weighted by atomic mass is 9.87. The fraction of sp³-hybridized carbons (Fsp3) is 0.562. The summed E-state index contributed by atoms with van der Waals surface area (Å²) in [5, 5.41) is 0. The Morgan fingerprint density at radius 3 is 2.57 bits per heavy atom. The van der Waals surface area contributed by atoms with Crippen molar-refractivity contribution in [2.75, 3.05) is 26.3 Å². The molecule has 2 saturated heterocycles. The summed E-state index contributed by atoms with van der Waals surface area (Å²) in [7, 11) is 0. The molecule has 2 aliphatic rings. The maximum Gasteiger partial charge on any atom is 0.233 e. The number of ether oxygens (including phenoxy) is 1. The van der Waals surface area contributed by atoms with Crippen LogP contribution in [-0.4, -0.2) is 37.1 Å². The number of hydrogen-bond acceptors (Lipinski definition) is 2. The average molecular weight is 295 g/mol. The zero-order valence-electron chi connectivity index (χ0n) is 12.1. The molecule has 1 amide bonds. The van der Waals surface area contributed by atoms with Crippen molar-refractivity contribution in [3.8, 4) is 0 Å². The smallest absolute Gasteiger partial charge is 0.233 e. The van der Waals surface area contributed by atoms with Gasteiger partial charge in [0, 0.05) is 19.2 Å². The Morgan fingerprint density at radius 2 is 2.00 bits per heavy atom. The van der Waals surface area contributed by atoms with E-state index in [1.807, 2.05) is 11.8 Å². The molecule has 0 N–H and O–H groups in total. The molecule has 21 heavy (non-hydrogen) atoms. The van der Waals surface area contributed by atoms with E-state index in [1.54, 1.807) is 0 Å². The highest BCUT2D eigenvalue weighted by atomic mass is 19.1. The first-order chi connectivity index (χ1) is 9.96. The van der Waals surface area contributed by atoms with Gasteiger partial charge in [-0.3, -0.25) is 4.79 Å². The first kappa shape index (κ1) is 14.4. The number of carbonyl (C=O) groups excluding carboxylic acids is 1. The van der Waals surface area contributed by atoms with Crippen LogP contribution in [0.5, 0.6) is 0 Å². The molecule has 2 fully saturated rings. The minimum Gasteiger partial charge on any atom is -0.379 e. The molecule has 2 aliphatic heterocycles. The van der Waals surface area contributed by atoms with E-state index in [0.29, 0.717) is 31.7 Å². The molecule has 0 bridgehead atoms. The van der Waals surface area contributed by atoms with Crippen molar-refractivity contribution in [3.63, 3.8) is 0 Å². The van der Waals surface area contributed by atoms with Gasteiger partial charge in [0.05, 0.1) is 18.6 Å². The first-order valence-corrected chi connectivity index (χ1v) is 7.28. The van der Waals surface area contributed by atoms with E-state index in [1.165, 1.54) is 12.1 Å². The Balaban J connectivity index is 1.60. The second kappa shape index (κ2) is 5.37. The van der Waals surface area contributed by atoms with Gasteiger partial charge in [-0.15, -0.1) is 0 Å². The van der Waals surface area contributed by atoms with Gasteiger partial charge in [0.1, 0.15) is 11.6 Å². The third kappa shape index (κ3) is 2.93. The standard InChI is InChI=1S/C16H19F2NO2/c1-16(9-21-10-16)15(20)19-3-2-11(8-19)4-12-5-13(17)7-14(18)6-12/h5-7,11H,2-4,8-10H2,1H3. The van der Waals surface area contributed by atoms with Crippen LogP contribution < -0.4 is 0 Å². The monoisotopic (exact) mass is 295 g/mol. The van der Waals surface area contributed by atoms with Gasteiger partial charge in [-0.25, -0.2) is 8.78 Å². The molecule has 0 radical (unpaired) electrons. The van der Waals surface area contributed by atoms with Crippen molar-refractivity contribution in [1.82, 2.24) is 4.90 Å². The SMILES string of the molecule is CC1(C(=O)N2CCC(Cc3cc(F)cc(F)c3)C2)COC1. The van der Waals surface area contributed by atoms with E-state index < -0.39 is 11.6 Å². The third-order valence-electron chi connectivity index (χ3n) is 4.38. The number of carbonyl (C=O) groups is 1. The molecule has 5 heteroatoms. The maximum absolute atomic E-state index is 13.2. The van der Waals surface area contributed by atoms with Crippen LogP contribution >= 0.6 is 0 Å². The summed E-state index contributed by atoms with van der Waals surface area (Å²) in [5.74, 6) is -0.688. The fourth-order valence-corrected chi connectivity index (χ4v) is 3.16. The summed E-state index contributed by atoms with van der Waals surface area (Å²) in [6.07, 6.45) is 1.48. The molecule has 3 nitrogen and oxygen atoms in total. The Morgan fingerprint density at radius 1 is 1.33 bits per heavy atom. The van der Waals surface area contributed by atoms with Gasteiger partial charge in [0.25, 0.3) is 0 Å². The summed E-state index contributed by atoms with van der Waals surface area (Å²) in [6, 6.07) is 3.62. The Bertz CT molecular complexity index is 537. The molecule has 1 unspecified atom stereocenters. The van der Waals surface area contributed by atoms with Gasteiger partial charge < -0.3 is 9.64 Å². The zero-order valence-corrected chi connectivity index (χ0v) is 12.1. The van der Waals surface area contributed by atoms with Crippen molar-refractivity contribution in [2.45, 2.75) is 19.8 Å². The highest BCUT2D eigenvalue weighted by molar-refractivity contribution is 5.83. The summed E-state index contributed by atoms with van der Waals surface area (Å²) >= 11 is 0. The number of rotatable bonds is 3. The van der Waals surface area contributed by atoms with E-state index in [-0.39, 0.29) is 17.2 Å². The topological polar surface area (TPSA) is 29.5 Å². The molecule has 1 aromatic rings. The highest BCUT2D eigenvalue weighted by Crippen LogP contribution is 2.32. The third-order valence-corrected chi connectivity index (χ3v) is 4.38. The van der Waals surface area contributed by atoms with Gasteiger partial charge in [-0.2, -0.15) is 0 Å². The predicted molar refractivity (Wildman–Crippen MR) is 73.7 cm³/mol. The molecule has 114 valence electrons. The van der Waals surface area contributed by atoms with Gasteiger partial charge in [0.2, 0.25) is 5.91 Å². The van der Waals surface area contributed by atoms with Crippen LogP contribution in [0.4, 0.5) is 8.78 Å². The van der Waals surface area contributed by atoms with Crippen LogP contribution in [0.2, 0.25) is 0 Å². The maximum atomic E-state index is 13.2. The lowest BCUT2D eigenvalue weighted by Crippen LogP contribution is -2.52. The summed E-state index contributed by atoms with van der Waals surface area (Å²) in [6.45, 7) is 4.28. The fourth-order valence-electron chi connectivity index (χ4n) is 3.16. The minimum atomic E-state index is -0.546.